The van der Waals surface area contributed by atoms with Crippen LogP contribution >= 0.6 is 0 Å². The van der Waals surface area contributed by atoms with Crippen LogP contribution in [0, 0.1) is 0 Å². The van der Waals surface area contributed by atoms with Crippen LogP contribution in [0.1, 0.15) is 26.2 Å². The van der Waals surface area contributed by atoms with Crippen molar-refractivity contribution in [2.75, 3.05) is 32.2 Å². The van der Waals surface area contributed by atoms with E-state index in [4.69, 9.17) is 9.47 Å². The molecule has 0 atom stereocenters. The van der Waals surface area contributed by atoms with Gasteiger partial charge in [-0.15, -0.1) is 0 Å². The molecule has 6 nitrogen and oxygen atoms in total. The van der Waals surface area contributed by atoms with E-state index in [1.165, 1.54) is 0 Å². The van der Waals surface area contributed by atoms with Crippen molar-refractivity contribution in [1.82, 2.24) is 10.3 Å². The summed E-state index contributed by atoms with van der Waals surface area (Å²) < 4.78 is 10.4. The molecule has 112 valence electrons. The minimum absolute atomic E-state index is 0.245. The molecule has 2 N–H and O–H groups in total. The molecule has 0 radical (unpaired) electrons. The molecule has 0 spiro atoms. The number of carbonyl (C=O) groups excluding carboxylic acids is 1. The molecular formula is C14H23N3O3. The predicted octanol–water partition coefficient (Wildman–Crippen LogP) is 2.42. The van der Waals surface area contributed by atoms with Crippen LogP contribution in [0.5, 0.6) is 5.88 Å². The highest BCUT2D eigenvalue weighted by molar-refractivity contribution is 5.90. The Bertz CT molecular complexity index is 399. The number of aromatic nitrogens is 1. The number of anilines is 1. The smallest absolute Gasteiger partial charge is 0.319 e. The van der Waals surface area contributed by atoms with Gasteiger partial charge in [0.05, 0.1) is 6.61 Å². The molecule has 0 aromatic carbocycles. The average molecular weight is 281 g/mol. The molecule has 1 aromatic rings. The van der Waals surface area contributed by atoms with Gasteiger partial charge in [-0.3, -0.25) is 0 Å². The third-order valence-electron chi connectivity index (χ3n) is 2.61. The number of nitrogens with one attached hydrogen (secondary N) is 2. The van der Waals surface area contributed by atoms with Crippen molar-refractivity contribution in [3.05, 3.63) is 18.3 Å². The maximum Gasteiger partial charge on any atom is 0.319 e. The summed E-state index contributed by atoms with van der Waals surface area (Å²) in [5.74, 6) is 0.397. The molecule has 0 saturated carbocycles. The number of unbranched alkanes of at least 4 members (excludes halogenated alkanes) is 2. The Kier molecular flexibility index (Phi) is 8.14. The van der Waals surface area contributed by atoms with Crippen molar-refractivity contribution in [2.24, 2.45) is 0 Å². The predicted molar refractivity (Wildman–Crippen MR) is 78.2 cm³/mol. The summed E-state index contributed by atoms with van der Waals surface area (Å²) in [7, 11) is 1.60. The first kappa shape index (κ1) is 16.2. The second kappa shape index (κ2) is 10.0. The summed E-state index contributed by atoms with van der Waals surface area (Å²) in [6.07, 6.45) is 4.84. The number of methoxy groups -OCH3 is 1. The quantitative estimate of drug-likeness (QED) is 0.682. The van der Waals surface area contributed by atoms with E-state index in [9.17, 15) is 4.79 Å². The number of hydrogen-bond acceptors (Lipinski definition) is 4. The Balaban J connectivity index is 2.43. The third-order valence-corrected chi connectivity index (χ3v) is 2.61. The Hall–Kier alpha value is -1.82. The molecule has 1 rings (SSSR count). The lowest BCUT2D eigenvalue weighted by molar-refractivity contribution is 0.144. The molecule has 2 amide bonds. The first-order valence-corrected chi connectivity index (χ1v) is 6.89. The van der Waals surface area contributed by atoms with Crippen LogP contribution in [-0.4, -0.2) is 37.9 Å². The SMILES string of the molecule is CCCCCNC(=O)Nc1cccnc1OCCOC. The van der Waals surface area contributed by atoms with Gasteiger partial charge in [0.25, 0.3) is 0 Å². The van der Waals surface area contributed by atoms with Crippen molar-refractivity contribution in [2.45, 2.75) is 26.2 Å². The number of rotatable bonds is 9. The molecule has 0 saturated heterocycles. The van der Waals surface area contributed by atoms with Gasteiger partial charge >= 0.3 is 6.03 Å². The maximum atomic E-state index is 11.7. The fourth-order valence-corrected chi connectivity index (χ4v) is 1.57. The number of nitrogens with zero attached hydrogens (tertiary/aromatic N) is 1. The van der Waals surface area contributed by atoms with Gasteiger partial charge < -0.3 is 20.1 Å². The fourth-order valence-electron chi connectivity index (χ4n) is 1.57. The monoisotopic (exact) mass is 281 g/mol. The molecule has 1 aromatic heterocycles. The highest BCUT2D eigenvalue weighted by atomic mass is 16.5. The summed E-state index contributed by atoms with van der Waals surface area (Å²) in [5.41, 5.74) is 0.552. The van der Waals surface area contributed by atoms with Crippen LogP contribution in [-0.2, 0) is 4.74 Å². The molecule has 0 fully saturated rings. The molecule has 0 aliphatic carbocycles. The fraction of sp³-hybridized carbons (Fsp3) is 0.571. The van der Waals surface area contributed by atoms with Crippen molar-refractivity contribution in [3.63, 3.8) is 0 Å². The second-order valence-corrected chi connectivity index (χ2v) is 4.29. The Morgan fingerprint density at radius 1 is 1.35 bits per heavy atom. The summed E-state index contributed by atoms with van der Waals surface area (Å²) in [5, 5.41) is 5.54. The van der Waals surface area contributed by atoms with Crippen LogP contribution in [0.15, 0.2) is 18.3 Å². The minimum Gasteiger partial charge on any atom is -0.474 e. The number of ether oxygens (including phenoxy) is 2. The van der Waals surface area contributed by atoms with Gasteiger partial charge in [0.15, 0.2) is 0 Å². The molecule has 0 aliphatic rings. The number of urea groups is 1. The van der Waals surface area contributed by atoms with Crippen LogP contribution in [0.3, 0.4) is 0 Å². The van der Waals surface area contributed by atoms with Gasteiger partial charge in [0, 0.05) is 19.9 Å². The Morgan fingerprint density at radius 2 is 2.20 bits per heavy atom. The van der Waals surface area contributed by atoms with Crippen molar-refractivity contribution in [1.29, 1.82) is 0 Å². The highest BCUT2D eigenvalue weighted by Crippen LogP contribution is 2.20. The van der Waals surface area contributed by atoms with Crippen molar-refractivity contribution >= 4 is 11.7 Å². The van der Waals surface area contributed by atoms with E-state index in [1.807, 2.05) is 0 Å². The molecule has 6 heteroatoms. The van der Waals surface area contributed by atoms with Gasteiger partial charge in [-0.05, 0) is 18.6 Å². The summed E-state index contributed by atoms with van der Waals surface area (Å²) in [6, 6.07) is 3.25. The molecule has 0 unspecified atom stereocenters. The molecule has 0 bridgehead atoms. The van der Waals surface area contributed by atoms with Gasteiger partial charge in [-0.2, -0.15) is 0 Å². The molecule has 1 heterocycles. The van der Waals surface area contributed by atoms with E-state index in [0.29, 0.717) is 31.3 Å². The molecular weight excluding hydrogens is 258 g/mol. The normalized spacial score (nSPS) is 10.1. The summed E-state index contributed by atoms with van der Waals surface area (Å²) in [4.78, 5) is 15.8. The first-order chi connectivity index (χ1) is 9.77. The van der Waals surface area contributed by atoms with E-state index in [1.54, 1.807) is 25.4 Å². The van der Waals surface area contributed by atoms with Gasteiger partial charge in [-0.25, -0.2) is 9.78 Å². The van der Waals surface area contributed by atoms with E-state index >= 15 is 0 Å². The Morgan fingerprint density at radius 3 is 2.95 bits per heavy atom. The van der Waals surface area contributed by atoms with Crippen molar-refractivity contribution < 1.29 is 14.3 Å². The van der Waals surface area contributed by atoms with Crippen LogP contribution in [0.25, 0.3) is 0 Å². The molecule has 20 heavy (non-hydrogen) atoms. The largest absolute Gasteiger partial charge is 0.474 e. The topological polar surface area (TPSA) is 72.5 Å². The third kappa shape index (κ3) is 6.38. The van der Waals surface area contributed by atoms with E-state index < -0.39 is 0 Å². The van der Waals surface area contributed by atoms with Gasteiger partial charge in [0.1, 0.15) is 12.3 Å². The lowest BCUT2D eigenvalue weighted by Gasteiger charge is -2.11. The van der Waals surface area contributed by atoms with E-state index in [-0.39, 0.29) is 6.03 Å². The van der Waals surface area contributed by atoms with E-state index in [2.05, 4.69) is 22.5 Å². The highest BCUT2D eigenvalue weighted by Gasteiger charge is 2.08. The number of amides is 2. The lowest BCUT2D eigenvalue weighted by Crippen LogP contribution is -2.29. The van der Waals surface area contributed by atoms with Crippen LogP contribution < -0.4 is 15.4 Å². The maximum absolute atomic E-state index is 11.7. The zero-order chi connectivity index (χ0) is 14.6. The van der Waals surface area contributed by atoms with Crippen molar-refractivity contribution in [3.8, 4) is 5.88 Å². The standard InChI is InChI=1S/C14H23N3O3/c1-3-4-5-8-16-14(18)17-12-7-6-9-15-13(12)20-11-10-19-2/h6-7,9H,3-5,8,10-11H2,1-2H3,(H2,16,17,18). The first-order valence-electron chi connectivity index (χ1n) is 6.89. The number of pyridine rings is 1. The minimum atomic E-state index is -0.245. The lowest BCUT2D eigenvalue weighted by atomic mass is 10.2. The van der Waals surface area contributed by atoms with Crippen LogP contribution in [0.2, 0.25) is 0 Å². The summed E-state index contributed by atoms with van der Waals surface area (Å²) >= 11 is 0. The average Bonchev–Trinajstić information content (AvgIpc) is 2.46. The Labute approximate surface area is 119 Å². The van der Waals surface area contributed by atoms with Crippen LogP contribution in [0.4, 0.5) is 10.5 Å². The summed E-state index contributed by atoms with van der Waals surface area (Å²) in [6.45, 7) is 3.65. The zero-order valence-electron chi connectivity index (χ0n) is 12.1. The zero-order valence-corrected chi connectivity index (χ0v) is 12.1. The molecule has 0 aliphatic heterocycles. The number of hydrogen-bond donors (Lipinski definition) is 2. The second-order valence-electron chi connectivity index (χ2n) is 4.29. The van der Waals surface area contributed by atoms with Gasteiger partial charge in [-0.1, -0.05) is 19.8 Å². The van der Waals surface area contributed by atoms with Gasteiger partial charge in [0.2, 0.25) is 5.88 Å². The number of carbonyl (C=O) groups is 1. The van der Waals surface area contributed by atoms with E-state index in [0.717, 1.165) is 19.3 Å².